The molecule has 0 aromatic rings. The molecule has 3 saturated heterocycles. The monoisotopic (exact) mass is 944 g/mol. The molecule has 8 rings (SSSR count). The summed E-state index contributed by atoms with van der Waals surface area (Å²) in [5.41, 5.74) is 1.82. The molecule has 4 heterocycles. The van der Waals surface area contributed by atoms with E-state index in [1.807, 2.05) is 6.92 Å². The Hall–Kier alpha value is -1.77. The number of rotatable bonds is 12. The predicted octanol–water partition coefficient (Wildman–Crippen LogP) is -2.37. The van der Waals surface area contributed by atoms with Gasteiger partial charge >= 0.3 is 5.97 Å². The molecule has 376 valence electrons. The number of carbonyl (C=O) groups excluding carboxylic acids is 1. The molecule has 12 N–H and O–H groups in total. The second-order valence-corrected chi connectivity index (χ2v) is 20.8. The Morgan fingerprint density at radius 1 is 0.727 bits per heavy atom. The van der Waals surface area contributed by atoms with Crippen LogP contribution in [0.4, 0.5) is 0 Å². The third kappa shape index (κ3) is 8.76. The number of ether oxygens (including phenoxy) is 7. The van der Waals surface area contributed by atoms with Gasteiger partial charge in [0.25, 0.3) is 0 Å². The van der Waals surface area contributed by atoms with Crippen molar-refractivity contribution < 1.29 is 99.2 Å². The molecule has 0 spiro atoms. The third-order valence-electron chi connectivity index (χ3n) is 17.5. The van der Waals surface area contributed by atoms with Gasteiger partial charge in [-0.3, -0.25) is 0 Å². The molecule has 0 aromatic heterocycles. The van der Waals surface area contributed by atoms with Crippen LogP contribution in [0, 0.1) is 40.4 Å². The molecular formula is C46H72O20. The van der Waals surface area contributed by atoms with Crippen molar-refractivity contribution in [2.45, 2.75) is 189 Å². The first-order chi connectivity index (χ1) is 31.3. The third-order valence-corrected chi connectivity index (χ3v) is 17.5. The van der Waals surface area contributed by atoms with Gasteiger partial charge in [-0.1, -0.05) is 38.0 Å². The Balaban J connectivity index is 0.888. The number of aliphatic hydroxyl groups excluding tert-OH is 12. The van der Waals surface area contributed by atoms with Crippen LogP contribution in [0.3, 0.4) is 0 Å². The van der Waals surface area contributed by atoms with Gasteiger partial charge < -0.3 is 94.4 Å². The van der Waals surface area contributed by atoms with Crippen LogP contribution in [0.15, 0.2) is 22.8 Å². The quantitative estimate of drug-likeness (QED) is 0.0719. The van der Waals surface area contributed by atoms with Crippen molar-refractivity contribution in [1.82, 2.24) is 0 Å². The van der Waals surface area contributed by atoms with Crippen LogP contribution in [0.1, 0.15) is 79.1 Å². The summed E-state index contributed by atoms with van der Waals surface area (Å²) in [6.45, 7) is 6.22. The van der Waals surface area contributed by atoms with Crippen LogP contribution in [-0.2, 0) is 38.0 Å². The summed E-state index contributed by atoms with van der Waals surface area (Å²) in [5.74, 6) is 1.06. The fraction of sp³-hybridized carbons (Fsp3) is 0.891. The van der Waals surface area contributed by atoms with E-state index in [9.17, 15) is 66.1 Å². The van der Waals surface area contributed by atoms with E-state index in [1.54, 1.807) is 0 Å². The molecule has 8 aliphatic rings. The van der Waals surface area contributed by atoms with E-state index in [2.05, 4.69) is 26.8 Å². The fourth-order valence-electron chi connectivity index (χ4n) is 13.5. The lowest BCUT2D eigenvalue weighted by Gasteiger charge is -2.60. The minimum atomic E-state index is -1.91. The van der Waals surface area contributed by atoms with Crippen molar-refractivity contribution in [1.29, 1.82) is 0 Å². The van der Waals surface area contributed by atoms with Gasteiger partial charge in [0.15, 0.2) is 18.9 Å². The number of cyclic esters (lactones) is 1. The van der Waals surface area contributed by atoms with Crippen LogP contribution in [0.2, 0.25) is 0 Å². The van der Waals surface area contributed by atoms with Crippen molar-refractivity contribution >= 4 is 5.97 Å². The second-order valence-electron chi connectivity index (χ2n) is 20.8. The van der Waals surface area contributed by atoms with E-state index in [-0.39, 0.29) is 36.4 Å². The number of hydrogen-bond donors (Lipinski definition) is 12. The smallest absolute Gasteiger partial charge is 0.336 e. The van der Waals surface area contributed by atoms with Gasteiger partial charge in [-0.05, 0) is 80.5 Å². The summed E-state index contributed by atoms with van der Waals surface area (Å²) in [4.78, 5) is 12.7. The molecule has 20 heteroatoms. The number of allylic oxidation sites excluding steroid dienone is 1. The molecule has 66 heavy (non-hydrogen) atoms. The number of carbonyl (C=O) groups is 1. The van der Waals surface area contributed by atoms with Gasteiger partial charge in [-0.25, -0.2) is 4.79 Å². The average Bonchev–Trinajstić information content (AvgIpc) is 3.65. The van der Waals surface area contributed by atoms with Gasteiger partial charge in [0, 0.05) is 18.3 Å². The topological polar surface area (TPSA) is 324 Å². The van der Waals surface area contributed by atoms with E-state index in [0.717, 1.165) is 43.3 Å². The Labute approximate surface area is 383 Å². The van der Waals surface area contributed by atoms with Gasteiger partial charge in [-0.15, -0.1) is 0 Å². The second kappa shape index (κ2) is 19.8. The molecule has 20 nitrogen and oxygen atoms in total. The van der Waals surface area contributed by atoms with E-state index in [0.29, 0.717) is 36.2 Å². The Morgan fingerprint density at radius 3 is 2.02 bits per heavy atom. The first-order valence-electron chi connectivity index (χ1n) is 23.7. The molecule has 0 bridgehead atoms. The standard InChI is InChI=1S/C46H72O20/c1-18-11-27(62-41(59)23(18)14-47)19(2)24-7-8-25-22-6-5-20-12-21(13-31(50)46(20,4)26(22)9-10-45(24,25)3)61-43-39(58)36(55)40(29(16-49)64-43)66-44-38(57)35(54)33(52)30(65-44)17-60-42-37(56)34(53)32(51)28(15-48)63-42/h5,19,21-22,24-40,42-44,47-58H,6-17H2,1-4H3. The Kier molecular flexibility index (Phi) is 15.2. The van der Waals surface area contributed by atoms with Gasteiger partial charge in [0.2, 0.25) is 0 Å². The Morgan fingerprint density at radius 2 is 1.35 bits per heavy atom. The normalized spacial score (nSPS) is 51.3. The summed E-state index contributed by atoms with van der Waals surface area (Å²) < 4.78 is 40.5. The predicted molar refractivity (Wildman–Crippen MR) is 224 cm³/mol. The maximum Gasteiger partial charge on any atom is 0.336 e. The molecule has 4 aliphatic heterocycles. The first-order valence-corrected chi connectivity index (χ1v) is 23.7. The largest absolute Gasteiger partial charge is 0.458 e. The summed E-state index contributed by atoms with van der Waals surface area (Å²) >= 11 is 0. The summed E-state index contributed by atoms with van der Waals surface area (Å²) in [6, 6.07) is 0. The molecule has 6 fully saturated rings. The van der Waals surface area contributed by atoms with Crippen molar-refractivity contribution in [3.63, 3.8) is 0 Å². The van der Waals surface area contributed by atoms with Crippen LogP contribution >= 0.6 is 0 Å². The zero-order valence-electron chi connectivity index (χ0n) is 38.0. The summed E-state index contributed by atoms with van der Waals surface area (Å²) in [6.07, 6.45) is -18.2. The molecule has 4 aliphatic carbocycles. The van der Waals surface area contributed by atoms with E-state index in [1.165, 1.54) is 0 Å². The van der Waals surface area contributed by atoms with Gasteiger partial charge in [0.05, 0.1) is 44.2 Å². The molecule has 25 unspecified atom stereocenters. The zero-order valence-corrected chi connectivity index (χ0v) is 38.0. The highest BCUT2D eigenvalue weighted by molar-refractivity contribution is 5.90. The molecule has 0 radical (unpaired) electrons. The Bertz CT molecular complexity index is 1780. The summed E-state index contributed by atoms with van der Waals surface area (Å²) in [5, 5.41) is 127. The summed E-state index contributed by atoms with van der Waals surface area (Å²) in [7, 11) is 0. The van der Waals surface area contributed by atoms with Crippen LogP contribution in [0.5, 0.6) is 0 Å². The number of aliphatic hydroxyl groups is 12. The minimum absolute atomic E-state index is 0.0324. The highest BCUT2D eigenvalue weighted by Crippen LogP contribution is 2.67. The van der Waals surface area contributed by atoms with Gasteiger partial charge in [-0.2, -0.15) is 0 Å². The molecule has 25 atom stereocenters. The lowest BCUT2D eigenvalue weighted by molar-refractivity contribution is -0.368. The zero-order chi connectivity index (χ0) is 47.7. The van der Waals surface area contributed by atoms with Crippen LogP contribution < -0.4 is 0 Å². The van der Waals surface area contributed by atoms with Gasteiger partial charge in [0.1, 0.15) is 79.4 Å². The highest BCUT2D eigenvalue weighted by Gasteiger charge is 2.62. The molecular weight excluding hydrogens is 872 g/mol. The van der Waals surface area contributed by atoms with Crippen LogP contribution in [-0.4, -0.2) is 204 Å². The molecule has 0 aromatic carbocycles. The fourth-order valence-corrected chi connectivity index (χ4v) is 13.5. The number of fused-ring (bicyclic) bond motifs is 5. The highest BCUT2D eigenvalue weighted by atomic mass is 16.8. The van der Waals surface area contributed by atoms with E-state index in [4.69, 9.17) is 33.2 Å². The van der Waals surface area contributed by atoms with E-state index < -0.39 is 136 Å². The van der Waals surface area contributed by atoms with Crippen LogP contribution in [0.25, 0.3) is 0 Å². The van der Waals surface area contributed by atoms with E-state index >= 15 is 0 Å². The lowest BCUT2D eigenvalue weighted by Crippen LogP contribution is -2.65. The SMILES string of the molecule is CC1=C(CO)C(=O)OC(C(C)C2CCC3C4CC=C5CC(OC6OC(CO)C(OC7OC(COC8OC(CO)C(O)C(O)C8O)C(O)C(O)C7O)C(O)C6O)CC(O)C5(C)C4CCC23C)C1. The number of hydrogen-bond acceptors (Lipinski definition) is 20. The maximum absolute atomic E-state index is 12.7. The van der Waals surface area contributed by atoms with Crippen molar-refractivity contribution in [2.75, 3.05) is 26.4 Å². The van der Waals surface area contributed by atoms with Crippen molar-refractivity contribution in [3.05, 3.63) is 22.8 Å². The average molecular weight is 945 g/mol. The number of esters is 1. The first kappa shape index (κ1) is 50.6. The lowest BCUT2D eigenvalue weighted by atomic mass is 9.46. The minimum Gasteiger partial charge on any atom is -0.458 e. The maximum atomic E-state index is 12.7. The van der Waals surface area contributed by atoms with Crippen molar-refractivity contribution in [3.8, 4) is 0 Å². The molecule has 3 saturated carbocycles. The van der Waals surface area contributed by atoms with Crippen molar-refractivity contribution in [2.24, 2.45) is 40.4 Å². The molecule has 0 amide bonds.